The Balaban J connectivity index is 2.20. The lowest BCUT2D eigenvalue weighted by Crippen LogP contribution is -2.23. The van der Waals surface area contributed by atoms with Crippen molar-refractivity contribution < 1.29 is 9.53 Å². The number of nitrogens with zero attached hydrogens (tertiary/aromatic N) is 1. The highest BCUT2D eigenvalue weighted by atomic mass is 32.1. The van der Waals surface area contributed by atoms with E-state index in [4.69, 9.17) is 4.74 Å². The van der Waals surface area contributed by atoms with Gasteiger partial charge in [-0.3, -0.25) is 4.90 Å². The largest absolute Gasteiger partial charge is 0.447 e. The highest BCUT2D eigenvalue weighted by Gasteiger charge is 2.22. The van der Waals surface area contributed by atoms with E-state index >= 15 is 0 Å². The zero-order valence-corrected chi connectivity index (χ0v) is 8.54. The molecule has 0 aliphatic carbocycles. The van der Waals surface area contributed by atoms with Gasteiger partial charge >= 0.3 is 6.09 Å². The lowest BCUT2D eigenvalue weighted by atomic mass is 10.2. The van der Waals surface area contributed by atoms with Crippen molar-refractivity contribution in [1.82, 2.24) is 0 Å². The van der Waals surface area contributed by atoms with E-state index in [9.17, 15) is 4.79 Å². The third kappa shape index (κ3) is 1.70. The summed E-state index contributed by atoms with van der Waals surface area (Å²) >= 11 is 4.17. The normalized spacial score (nSPS) is 15.8. The number of carbonyl (C=O) groups excluding carboxylic acids is 1. The lowest BCUT2D eigenvalue weighted by Gasteiger charge is -2.12. The van der Waals surface area contributed by atoms with Gasteiger partial charge < -0.3 is 4.74 Å². The van der Waals surface area contributed by atoms with Gasteiger partial charge in [-0.15, -0.1) is 0 Å². The second-order valence-electron chi connectivity index (χ2n) is 3.09. The molecule has 0 aromatic heterocycles. The molecule has 1 fully saturated rings. The van der Waals surface area contributed by atoms with Crippen molar-refractivity contribution in [1.29, 1.82) is 0 Å². The van der Waals surface area contributed by atoms with Gasteiger partial charge in [-0.1, -0.05) is 12.1 Å². The fourth-order valence-electron chi connectivity index (χ4n) is 1.41. The van der Waals surface area contributed by atoms with Crippen LogP contribution in [-0.2, 0) is 10.5 Å². The Kier molecular flexibility index (Phi) is 2.63. The number of ether oxygens (including phenoxy) is 1. The molecule has 0 N–H and O–H groups in total. The minimum Gasteiger partial charge on any atom is -0.447 e. The number of thiol groups is 1. The van der Waals surface area contributed by atoms with Gasteiger partial charge in [0, 0.05) is 11.4 Å². The molecule has 0 bridgehead atoms. The van der Waals surface area contributed by atoms with Crippen LogP contribution in [0.4, 0.5) is 10.5 Å². The summed E-state index contributed by atoms with van der Waals surface area (Å²) in [6.07, 6.45) is -0.261. The minimum atomic E-state index is -0.261. The van der Waals surface area contributed by atoms with Crippen LogP contribution in [0.15, 0.2) is 24.3 Å². The number of anilines is 1. The first-order valence-electron chi connectivity index (χ1n) is 4.45. The van der Waals surface area contributed by atoms with Gasteiger partial charge in [0.05, 0.1) is 6.54 Å². The summed E-state index contributed by atoms with van der Waals surface area (Å²) in [7, 11) is 0. The van der Waals surface area contributed by atoms with Gasteiger partial charge in [0.15, 0.2) is 0 Å². The highest BCUT2D eigenvalue weighted by molar-refractivity contribution is 7.79. The Bertz CT molecular complexity index is 336. The standard InChI is InChI=1S/C10H11NO2S/c12-10-11(5-6-13-10)9-3-1-8(7-14)2-4-9/h1-4,14H,5-7H2. The van der Waals surface area contributed by atoms with E-state index in [1.54, 1.807) is 4.90 Å². The zero-order chi connectivity index (χ0) is 9.97. The van der Waals surface area contributed by atoms with Gasteiger partial charge in [-0.05, 0) is 17.7 Å². The first kappa shape index (κ1) is 9.40. The van der Waals surface area contributed by atoms with Crippen molar-refractivity contribution in [2.45, 2.75) is 5.75 Å². The van der Waals surface area contributed by atoms with Crippen molar-refractivity contribution in [3.8, 4) is 0 Å². The molecule has 1 aliphatic rings. The molecule has 74 valence electrons. The summed E-state index contributed by atoms with van der Waals surface area (Å²) in [6, 6.07) is 7.76. The molecular formula is C10H11NO2S. The summed E-state index contributed by atoms with van der Waals surface area (Å²) in [6.45, 7) is 1.12. The van der Waals surface area contributed by atoms with Gasteiger partial charge in [0.1, 0.15) is 6.61 Å². The van der Waals surface area contributed by atoms with Crippen LogP contribution in [0.3, 0.4) is 0 Å². The Morgan fingerprint density at radius 2 is 2.07 bits per heavy atom. The molecule has 1 aliphatic heterocycles. The van der Waals surface area contributed by atoms with Crippen LogP contribution in [0.1, 0.15) is 5.56 Å². The van der Waals surface area contributed by atoms with E-state index in [1.807, 2.05) is 24.3 Å². The van der Waals surface area contributed by atoms with Crippen molar-refractivity contribution in [3.05, 3.63) is 29.8 Å². The van der Waals surface area contributed by atoms with Crippen LogP contribution in [-0.4, -0.2) is 19.2 Å². The van der Waals surface area contributed by atoms with Crippen LogP contribution >= 0.6 is 12.6 Å². The number of rotatable bonds is 2. The maximum Gasteiger partial charge on any atom is 0.414 e. The molecule has 0 spiro atoms. The van der Waals surface area contributed by atoms with Crippen LogP contribution in [0.5, 0.6) is 0 Å². The van der Waals surface area contributed by atoms with Gasteiger partial charge in [0.2, 0.25) is 0 Å². The fraction of sp³-hybridized carbons (Fsp3) is 0.300. The first-order chi connectivity index (χ1) is 6.81. The third-order valence-corrected chi connectivity index (χ3v) is 2.56. The molecular weight excluding hydrogens is 198 g/mol. The molecule has 1 aromatic carbocycles. The van der Waals surface area contributed by atoms with E-state index in [0.29, 0.717) is 18.9 Å². The Morgan fingerprint density at radius 3 is 2.57 bits per heavy atom. The molecule has 3 nitrogen and oxygen atoms in total. The van der Waals surface area contributed by atoms with E-state index in [-0.39, 0.29) is 6.09 Å². The molecule has 2 rings (SSSR count). The molecule has 1 saturated heterocycles. The van der Waals surface area contributed by atoms with Gasteiger partial charge in [-0.2, -0.15) is 12.6 Å². The van der Waals surface area contributed by atoms with E-state index in [2.05, 4.69) is 12.6 Å². The molecule has 0 atom stereocenters. The van der Waals surface area contributed by atoms with Crippen molar-refractivity contribution in [2.75, 3.05) is 18.1 Å². The summed E-state index contributed by atoms with van der Waals surface area (Å²) in [5.41, 5.74) is 2.03. The second-order valence-corrected chi connectivity index (χ2v) is 3.41. The van der Waals surface area contributed by atoms with Crippen LogP contribution in [0.25, 0.3) is 0 Å². The molecule has 1 amide bonds. The number of benzene rings is 1. The number of amides is 1. The fourth-order valence-corrected chi connectivity index (χ4v) is 1.62. The predicted octanol–water partition coefficient (Wildman–Crippen LogP) is 2.07. The SMILES string of the molecule is O=C1OCCN1c1ccc(CS)cc1. The lowest BCUT2D eigenvalue weighted by molar-refractivity contribution is 0.181. The van der Waals surface area contributed by atoms with E-state index < -0.39 is 0 Å². The van der Waals surface area contributed by atoms with Crippen molar-refractivity contribution in [2.24, 2.45) is 0 Å². The summed E-state index contributed by atoms with van der Waals surface area (Å²) in [4.78, 5) is 12.8. The Morgan fingerprint density at radius 1 is 1.36 bits per heavy atom. The zero-order valence-electron chi connectivity index (χ0n) is 7.64. The maximum absolute atomic E-state index is 11.2. The average molecular weight is 209 g/mol. The summed E-state index contributed by atoms with van der Waals surface area (Å²) in [5.74, 6) is 0.713. The van der Waals surface area contributed by atoms with Crippen LogP contribution in [0.2, 0.25) is 0 Å². The molecule has 4 heteroatoms. The monoisotopic (exact) mass is 209 g/mol. The molecule has 1 aromatic rings. The molecule has 0 unspecified atom stereocenters. The number of hydrogen-bond acceptors (Lipinski definition) is 3. The Hall–Kier alpha value is -1.16. The third-order valence-electron chi connectivity index (χ3n) is 2.19. The quantitative estimate of drug-likeness (QED) is 0.756. The second kappa shape index (κ2) is 3.92. The summed E-state index contributed by atoms with van der Waals surface area (Å²) in [5, 5.41) is 0. The van der Waals surface area contributed by atoms with E-state index in [1.165, 1.54) is 0 Å². The van der Waals surface area contributed by atoms with Crippen molar-refractivity contribution in [3.63, 3.8) is 0 Å². The molecule has 14 heavy (non-hydrogen) atoms. The van der Waals surface area contributed by atoms with Crippen molar-refractivity contribution >= 4 is 24.4 Å². The maximum atomic E-state index is 11.2. The summed E-state index contributed by atoms with van der Waals surface area (Å²) < 4.78 is 4.85. The number of cyclic esters (lactones) is 1. The molecule has 0 saturated carbocycles. The Labute approximate surface area is 88.1 Å². The average Bonchev–Trinajstić information content (AvgIpc) is 2.65. The number of hydrogen-bond donors (Lipinski definition) is 1. The predicted molar refractivity (Wildman–Crippen MR) is 57.8 cm³/mol. The van der Waals surface area contributed by atoms with E-state index in [0.717, 1.165) is 11.3 Å². The molecule has 0 radical (unpaired) electrons. The van der Waals surface area contributed by atoms with Gasteiger partial charge in [-0.25, -0.2) is 4.79 Å². The van der Waals surface area contributed by atoms with Crippen LogP contribution < -0.4 is 4.90 Å². The molecule has 1 heterocycles. The smallest absolute Gasteiger partial charge is 0.414 e. The first-order valence-corrected chi connectivity index (χ1v) is 5.08. The van der Waals surface area contributed by atoms with Crippen LogP contribution in [0, 0.1) is 0 Å². The number of carbonyl (C=O) groups is 1. The topological polar surface area (TPSA) is 29.5 Å². The van der Waals surface area contributed by atoms with Gasteiger partial charge in [0.25, 0.3) is 0 Å². The minimum absolute atomic E-state index is 0.261. The highest BCUT2D eigenvalue weighted by Crippen LogP contribution is 2.19.